The van der Waals surface area contributed by atoms with Crippen molar-refractivity contribution in [2.75, 3.05) is 36.9 Å². The van der Waals surface area contributed by atoms with E-state index in [2.05, 4.69) is 11.5 Å². The molecule has 2 aliphatic rings. The number of carbonyl (C=O) groups is 1. The number of hydrogen-bond acceptors (Lipinski definition) is 4. The predicted octanol–water partition coefficient (Wildman–Crippen LogP) is 0.864. The van der Waals surface area contributed by atoms with Gasteiger partial charge in [0, 0.05) is 31.4 Å². The molecule has 2 aliphatic heterocycles. The molecule has 1 saturated heterocycles. The van der Waals surface area contributed by atoms with Gasteiger partial charge >= 0.3 is 0 Å². The van der Waals surface area contributed by atoms with Gasteiger partial charge in [-0.15, -0.1) is 0 Å². The van der Waals surface area contributed by atoms with Crippen LogP contribution in [0.25, 0.3) is 0 Å². The van der Waals surface area contributed by atoms with Crippen molar-refractivity contribution >= 4 is 17.3 Å². The zero-order valence-corrected chi connectivity index (χ0v) is 10.7. The minimum Gasteiger partial charge on any atom is -0.489 e. The molecule has 3 rings (SSSR count). The number of amides is 1. The number of nitrogens with zero attached hydrogens (tertiary/aromatic N) is 2. The summed E-state index contributed by atoms with van der Waals surface area (Å²) in [6.07, 6.45) is 1.37. The summed E-state index contributed by atoms with van der Waals surface area (Å²) in [5.41, 5.74) is 7.54. The van der Waals surface area contributed by atoms with E-state index >= 15 is 0 Å². The summed E-state index contributed by atoms with van der Waals surface area (Å²) >= 11 is 0. The summed E-state index contributed by atoms with van der Waals surface area (Å²) < 4.78 is 5.75. The summed E-state index contributed by atoms with van der Waals surface area (Å²) in [6, 6.07) is 5.93. The lowest BCUT2D eigenvalue weighted by molar-refractivity contribution is -0.127. The van der Waals surface area contributed by atoms with E-state index in [9.17, 15) is 4.79 Å². The molecule has 1 atom stereocenters. The molecule has 0 saturated carbocycles. The van der Waals surface area contributed by atoms with Crippen molar-refractivity contribution in [3.63, 3.8) is 0 Å². The molecular formula is C14H17N3O2. The van der Waals surface area contributed by atoms with Gasteiger partial charge in [0.15, 0.2) is 0 Å². The van der Waals surface area contributed by atoms with Gasteiger partial charge in [0.25, 0.3) is 0 Å². The third-order valence-corrected chi connectivity index (χ3v) is 3.69. The van der Waals surface area contributed by atoms with Crippen LogP contribution in [0.3, 0.4) is 0 Å². The second-order valence-corrected chi connectivity index (χ2v) is 4.87. The van der Waals surface area contributed by atoms with Crippen molar-refractivity contribution in [1.29, 1.82) is 0 Å². The van der Waals surface area contributed by atoms with Crippen molar-refractivity contribution < 1.29 is 9.53 Å². The molecule has 0 spiro atoms. The molecule has 19 heavy (non-hydrogen) atoms. The Bertz CT molecular complexity index is 529. The predicted molar refractivity (Wildman–Crippen MR) is 74.3 cm³/mol. The Hall–Kier alpha value is -2.17. The van der Waals surface area contributed by atoms with Crippen molar-refractivity contribution in [2.24, 2.45) is 0 Å². The van der Waals surface area contributed by atoms with Crippen LogP contribution in [-0.2, 0) is 4.79 Å². The lowest BCUT2D eigenvalue weighted by Gasteiger charge is -2.45. The Morgan fingerprint density at radius 3 is 3.11 bits per heavy atom. The number of rotatable bonds is 1. The van der Waals surface area contributed by atoms with Gasteiger partial charge in [-0.3, -0.25) is 4.79 Å². The van der Waals surface area contributed by atoms with Crippen LogP contribution in [0.15, 0.2) is 30.9 Å². The fourth-order valence-electron chi connectivity index (χ4n) is 2.71. The summed E-state index contributed by atoms with van der Waals surface area (Å²) in [4.78, 5) is 15.8. The van der Waals surface area contributed by atoms with Gasteiger partial charge in [-0.25, -0.2) is 0 Å². The first kappa shape index (κ1) is 11.9. The van der Waals surface area contributed by atoms with Crippen LogP contribution >= 0.6 is 0 Å². The second kappa shape index (κ2) is 4.50. The van der Waals surface area contributed by atoms with Crippen molar-refractivity contribution in [3.05, 3.63) is 30.9 Å². The van der Waals surface area contributed by atoms with Crippen molar-refractivity contribution in [3.8, 4) is 5.75 Å². The zero-order chi connectivity index (χ0) is 13.4. The van der Waals surface area contributed by atoms with E-state index in [0.717, 1.165) is 18.0 Å². The number of benzene rings is 1. The molecule has 1 amide bonds. The van der Waals surface area contributed by atoms with Gasteiger partial charge < -0.3 is 20.3 Å². The van der Waals surface area contributed by atoms with Crippen molar-refractivity contribution in [1.82, 2.24) is 4.90 Å². The Morgan fingerprint density at radius 2 is 2.32 bits per heavy atom. The van der Waals surface area contributed by atoms with Crippen LogP contribution in [0.1, 0.15) is 0 Å². The number of anilines is 2. The summed E-state index contributed by atoms with van der Waals surface area (Å²) in [5.74, 6) is 0.822. The smallest absolute Gasteiger partial charge is 0.246 e. The minimum absolute atomic E-state index is 0.0113. The van der Waals surface area contributed by atoms with Gasteiger partial charge in [-0.05, 0) is 18.2 Å². The summed E-state index contributed by atoms with van der Waals surface area (Å²) in [7, 11) is 0. The Balaban J connectivity index is 1.83. The molecule has 0 aromatic heterocycles. The normalized spacial score (nSPS) is 21.2. The highest BCUT2D eigenvalue weighted by Crippen LogP contribution is 2.36. The van der Waals surface area contributed by atoms with Crippen LogP contribution in [-0.4, -0.2) is 43.1 Å². The third-order valence-electron chi connectivity index (χ3n) is 3.69. The van der Waals surface area contributed by atoms with E-state index in [1.165, 1.54) is 6.08 Å². The molecule has 1 aromatic rings. The number of nitrogen functional groups attached to an aromatic ring is 1. The number of piperazine rings is 1. The highest BCUT2D eigenvalue weighted by Gasteiger charge is 2.33. The van der Waals surface area contributed by atoms with Crippen LogP contribution in [0.5, 0.6) is 5.75 Å². The van der Waals surface area contributed by atoms with E-state index in [1.807, 2.05) is 23.1 Å². The maximum Gasteiger partial charge on any atom is 0.246 e. The summed E-state index contributed by atoms with van der Waals surface area (Å²) in [5, 5.41) is 0. The fraction of sp³-hybridized carbons (Fsp3) is 0.357. The molecule has 5 heteroatoms. The van der Waals surface area contributed by atoms with E-state index in [-0.39, 0.29) is 11.9 Å². The molecule has 0 radical (unpaired) electrons. The monoisotopic (exact) mass is 259 g/mol. The molecule has 2 N–H and O–H groups in total. The molecule has 1 fully saturated rings. The average molecular weight is 259 g/mol. The molecule has 2 heterocycles. The fourth-order valence-corrected chi connectivity index (χ4v) is 2.71. The standard InChI is InChI=1S/C14H17N3O2/c1-2-14(18)16-5-6-17-11(8-16)9-19-13-7-10(15)3-4-12(13)17/h2-4,7,11H,1,5-6,8-9,15H2/t11-/m1/s1. The zero-order valence-electron chi connectivity index (χ0n) is 10.7. The molecule has 5 nitrogen and oxygen atoms in total. The van der Waals surface area contributed by atoms with Gasteiger partial charge in [-0.2, -0.15) is 0 Å². The van der Waals surface area contributed by atoms with E-state index in [0.29, 0.717) is 25.4 Å². The quantitative estimate of drug-likeness (QED) is 0.600. The van der Waals surface area contributed by atoms with Crippen LogP contribution in [0.2, 0.25) is 0 Å². The van der Waals surface area contributed by atoms with Crippen molar-refractivity contribution in [2.45, 2.75) is 6.04 Å². The average Bonchev–Trinajstić information content (AvgIpc) is 2.45. The number of hydrogen-bond donors (Lipinski definition) is 1. The van der Waals surface area contributed by atoms with Crippen LogP contribution in [0.4, 0.5) is 11.4 Å². The van der Waals surface area contributed by atoms with E-state index < -0.39 is 0 Å². The molecule has 0 unspecified atom stereocenters. The van der Waals surface area contributed by atoms with E-state index in [4.69, 9.17) is 10.5 Å². The lowest BCUT2D eigenvalue weighted by atomic mass is 10.1. The molecule has 1 aromatic carbocycles. The molecule has 100 valence electrons. The Morgan fingerprint density at radius 1 is 1.47 bits per heavy atom. The van der Waals surface area contributed by atoms with Gasteiger partial charge in [0.05, 0.1) is 11.7 Å². The van der Waals surface area contributed by atoms with Gasteiger partial charge in [-0.1, -0.05) is 6.58 Å². The molecule has 0 aliphatic carbocycles. The highest BCUT2D eigenvalue weighted by molar-refractivity contribution is 5.87. The van der Waals surface area contributed by atoms with Gasteiger partial charge in [0.1, 0.15) is 12.4 Å². The van der Waals surface area contributed by atoms with Gasteiger partial charge in [0.2, 0.25) is 5.91 Å². The SMILES string of the molecule is C=CC(=O)N1CCN2c3ccc(N)cc3OC[C@H]2C1. The maximum atomic E-state index is 11.7. The third kappa shape index (κ3) is 2.01. The number of fused-ring (bicyclic) bond motifs is 3. The van der Waals surface area contributed by atoms with Crippen LogP contribution < -0.4 is 15.4 Å². The first-order chi connectivity index (χ1) is 9.19. The van der Waals surface area contributed by atoms with E-state index in [1.54, 1.807) is 0 Å². The number of carbonyl (C=O) groups excluding carboxylic acids is 1. The molecular weight excluding hydrogens is 242 g/mol. The minimum atomic E-state index is -0.0113. The van der Waals surface area contributed by atoms with Crippen LogP contribution in [0, 0.1) is 0 Å². The first-order valence-electron chi connectivity index (χ1n) is 6.39. The highest BCUT2D eigenvalue weighted by atomic mass is 16.5. The summed E-state index contributed by atoms with van der Waals surface area (Å²) in [6.45, 7) is 6.32. The Labute approximate surface area is 112 Å². The largest absolute Gasteiger partial charge is 0.489 e. The Kier molecular flexibility index (Phi) is 2.81. The number of ether oxygens (including phenoxy) is 1. The number of nitrogens with two attached hydrogens (primary N) is 1. The first-order valence-corrected chi connectivity index (χ1v) is 6.39. The molecule has 0 bridgehead atoms. The maximum absolute atomic E-state index is 11.7. The lowest BCUT2D eigenvalue weighted by Crippen LogP contribution is -2.58. The topological polar surface area (TPSA) is 58.8 Å². The second-order valence-electron chi connectivity index (χ2n) is 4.87.